The Morgan fingerprint density at radius 1 is 1.40 bits per heavy atom. The second-order valence-electron chi connectivity index (χ2n) is 4.74. The van der Waals surface area contributed by atoms with Crippen LogP contribution in [0.15, 0.2) is 35.7 Å². The molecule has 20 heavy (non-hydrogen) atoms. The third-order valence-corrected chi connectivity index (χ3v) is 4.30. The van der Waals surface area contributed by atoms with Crippen LogP contribution >= 0.6 is 11.3 Å². The van der Waals surface area contributed by atoms with Gasteiger partial charge >= 0.3 is 0 Å². The number of hydrogen-bond acceptors (Lipinski definition) is 4. The number of benzene rings is 1. The van der Waals surface area contributed by atoms with Gasteiger partial charge in [0.25, 0.3) is 5.69 Å². The minimum Gasteiger partial charge on any atom is -0.305 e. The molecule has 1 unspecified atom stereocenters. The van der Waals surface area contributed by atoms with Crippen molar-refractivity contribution >= 4 is 17.0 Å². The van der Waals surface area contributed by atoms with E-state index in [1.165, 1.54) is 4.88 Å². The number of hydrogen-bond donors (Lipinski definition) is 1. The molecule has 0 bridgehead atoms. The molecule has 0 amide bonds. The molecule has 0 spiro atoms. The van der Waals surface area contributed by atoms with Crippen molar-refractivity contribution in [3.8, 4) is 0 Å². The van der Waals surface area contributed by atoms with Crippen LogP contribution < -0.4 is 5.32 Å². The molecule has 0 fully saturated rings. The van der Waals surface area contributed by atoms with Gasteiger partial charge in [-0.25, -0.2) is 0 Å². The fraction of sp³-hybridized carbons (Fsp3) is 0.333. The highest BCUT2D eigenvalue weighted by atomic mass is 32.1. The zero-order valence-electron chi connectivity index (χ0n) is 11.6. The van der Waals surface area contributed by atoms with E-state index in [9.17, 15) is 10.1 Å². The first kappa shape index (κ1) is 14.7. The van der Waals surface area contributed by atoms with E-state index in [0.29, 0.717) is 18.2 Å². The maximum Gasteiger partial charge on any atom is 0.272 e. The molecule has 2 aromatic rings. The topological polar surface area (TPSA) is 55.2 Å². The highest BCUT2D eigenvalue weighted by Gasteiger charge is 2.13. The van der Waals surface area contributed by atoms with Crippen molar-refractivity contribution in [1.82, 2.24) is 5.32 Å². The van der Waals surface area contributed by atoms with Gasteiger partial charge in [0.1, 0.15) is 0 Å². The Morgan fingerprint density at radius 3 is 2.80 bits per heavy atom. The van der Waals surface area contributed by atoms with E-state index in [1.54, 1.807) is 30.4 Å². The molecule has 4 nitrogen and oxygen atoms in total. The first-order valence-electron chi connectivity index (χ1n) is 6.62. The summed E-state index contributed by atoms with van der Waals surface area (Å²) in [7, 11) is 0. The smallest absolute Gasteiger partial charge is 0.272 e. The summed E-state index contributed by atoms with van der Waals surface area (Å²) in [5, 5.41) is 16.5. The quantitative estimate of drug-likeness (QED) is 0.640. The molecule has 1 aromatic heterocycles. The number of nitro groups is 1. The van der Waals surface area contributed by atoms with Crippen LogP contribution in [0.3, 0.4) is 0 Å². The van der Waals surface area contributed by atoms with Gasteiger partial charge < -0.3 is 5.32 Å². The summed E-state index contributed by atoms with van der Waals surface area (Å²) in [6.45, 7) is 4.53. The van der Waals surface area contributed by atoms with Crippen molar-refractivity contribution in [1.29, 1.82) is 0 Å². The third-order valence-electron chi connectivity index (χ3n) is 3.32. The first-order valence-corrected chi connectivity index (χ1v) is 7.50. The van der Waals surface area contributed by atoms with Gasteiger partial charge in [-0.2, -0.15) is 0 Å². The molecule has 0 aliphatic heterocycles. The molecule has 0 saturated carbocycles. The Bertz CT molecular complexity index is 582. The summed E-state index contributed by atoms with van der Waals surface area (Å²) in [5.74, 6) is 0. The summed E-state index contributed by atoms with van der Waals surface area (Å²) < 4.78 is 0. The van der Waals surface area contributed by atoms with E-state index in [4.69, 9.17) is 0 Å². The van der Waals surface area contributed by atoms with Gasteiger partial charge in [-0.15, -0.1) is 11.3 Å². The van der Waals surface area contributed by atoms with Crippen LogP contribution in [0.1, 0.15) is 35.4 Å². The molecule has 1 aromatic carbocycles. The highest BCUT2D eigenvalue weighted by Crippen LogP contribution is 2.23. The summed E-state index contributed by atoms with van der Waals surface area (Å²) in [5.41, 5.74) is 1.83. The van der Waals surface area contributed by atoms with Gasteiger partial charge in [0.05, 0.1) is 4.92 Å². The van der Waals surface area contributed by atoms with E-state index in [1.807, 2.05) is 12.1 Å². The molecule has 2 rings (SSSR count). The van der Waals surface area contributed by atoms with Crippen molar-refractivity contribution in [2.75, 3.05) is 0 Å². The zero-order chi connectivity index (χ0) is 14.5. The van der Waals surface area contributed by atoms with Gasteiger partial charge in [0.15, 0.2) is 0 Å². The average molecular weight is 290 g/mol. The summed E-state index contributed by atoms with van der Waals surface area (Å²) in [6, 6.07) is 9.86. The second-order valence-corrected chi connectivity index (χ2v) is 5.71. The summed E-state index contributed by atoms with van der Waals surface area (Å²) in [6.07, 6.45) is 0.995. The monoisotopic (exact) mass is 290 g/mol. The second kappa shape index (κ2) is 6.63. The lowest BCUT2D eigenvalue weighted by atomic mass is 10.1. The van der Waals surface area contributed by atoms with E-state index in [2.05, 4.69) is 23.7 Å². The van der Waals surface area contributed by atoms with Gasteiger partial charge in [-0.05, 0) is 30.4 Å². The number of thiophene rings is 1. The van der Waals surface area contributed by atoms with Gasteiger partial charge in [-0.3, -0.25) is 10.1 Å². The van der Waals surface area contributed by atoms with Crippen LogP contribution in [0.4, 0.5) is 5.69 Å². The SMILES string of the molecule is CCC(NCc1ccc(C)c([N+](=O)[O-])c1)c1cccs1. The lowest BCUT2D eigenvalue weighted by molar-refractivity contribution is -0.385. The number of nitrogens with one attached hydrogen (secondary N) is 1. The van der Waals surface area contributed by atoms with Crippen LogP contribution in [0.2, 0.25) is 0 Å². The molecule has 0 aliphatic rings. The molecule has 0 radical (unpaired) electrons. The highest BCUT2D eigenvalue weighted by molar-refractivity contribution is 7.10. The Kier molecular flexibility index (Phi) is 4.87. The molecule has 5 heteroatoms. The van der Waals surface area contributed by atoms with Crippen LogP contribution in [0.25, 0.3) is 0 Å². The van der Waals surface area contributed by atoms with Gasteiger partial charge in [0.2, 0.25) is 0 Å². The zero-order valence-corrected chi connectivity index (χ0v) is 12.4. The minimum atomic E-state index is -0.324. The molecule has 1 atom stereocenters. The maximum absolute atomic E-state index is 10.9. The number of rotatable bonds is 6. The van der Waals surface area contributed by atoms with Gasteiger partial charge in [-0.1, -0.05) is 25.1 Å². The molecular formula is C15H18N2O2S. The first-order chi connectivity index (χ1) is 9.61. The number of nitro benzene ring substituents is 1. The largest absolute Gasteiger partial charge is 0.305 e. The maximum atomic E-state index is 10.9. The Balaban J connectivity index is 2.07. The molecule has 1 heterocycles. The number of nitrogens with zero attached hydrogens (tertiary/aromatic N) is 1. The van der Waals surface area contributed by atoms with E-state index < -0.39 is 0 Å². The van der Waals surface area contributed by atoms with Crippen molar-refractivity contribution in [3.63, 3.8) is 0 Å². The lowest BCUT2D eigenvalue weighted by Crippen LogP contribution is -2.19. The number of aryl methyl sites for hydroxylation is 1. The Morgan fingerprint density at radius 2 is 2.20 bits per heavy atom. The molecular weight excluding hydrogens is 272 g/mol. The Hall–Kier alpha value is -1.72. The van der Waals surface area contributed by atoms with Crippen LogP contribution in [0.5, 0.6) is 0 Å². The normalized spacial score (nSPS) is 12.3. The summed E-state index contributed by atoms with van der Waals surface area (Å²) >= 11 is 1.73. The average Bonchev–Trinajstić information content (AvgIpc) is 2.95. The van der Waals surface area contributed by atoms with Crippen molar-refractivity contribution in [3.05, 3.63) is 61.8 Å². The van der Waals surface area contributed by atoms with E-state index >= 15 is 0 Å². The molecule has 0 saturated heterocycles. The molecule has 106 valence electrons. The lowest BCUT2D eigenvalue weighted by Gasteiger charge is -2.15. The van der Waals surface area contributed by atoms with E-state index in [-0.39, 0.29) is 10.6 Å². The minimum absolute atomic E-state index is 0.188. The standard InChI is InChI=1S/C15H18N2O2S/c1-3-13(15-5-4-8-20-15)16-10-12-7-6-11(2)14(9-12)17(18)19/h4-9,13,16H,3,10H2,1-2H3. The Labute approximate surface area is 122 Å². The van der Waals surface area contributed by atoms with Crippen molar-refractivity contribution < 1.29 is 4.92 Å². The summed E-state index contributed by atoms with van der Waals surface area (Å²) in [4.78, 5) is 11.9. The fourth-order valence-corrected chi connectivity index (χ4v) is 3.02. The molecule has 0 aliphatic carbocycles. The van der Waals surface area contributed by atoms with Crippen molar-refractivity contribution in [2.24, 2.45) is 0 Å². The fourth-order valence-electron chi connectivity index (χ4n) is 2.14. The van der Waals surface area contributed by atoms with E-state index in [0.717, 1.165) is 12.0 Å². The third kappa shape index (κ3) is 3.43. The predicted octanol–water partition coefficient (Wildman–Crippen LogP) is 4.21. The van der Waals surface area contributed by atoms with Crippen molar-refractivity contribution in [2.45, 2.75) is 32.9 Å². The molecule has 1 N–H and O–H groups in total. The predicted molar refractivity (Wildman–Crippen MR) is 82.0 cm³/mol. The van der Waals surface area contributed by atoms with Crippen LogP contribution in [-0.2, 0) is 6.54 Å². The van der Waals surface area contributed by atoms with Gasteiger partial charge in [0, 0.05) is 29.1 Å². The van der Waals surface area contributed by atoms with Crippen LogP contribution in [-0.4, -0.2) is 4.92 Å². The van der Waals surface area contributed by atoms with Crippen LogP contribution in [0, 0.1) is 17.0 Å².